The number of thioether (sulfide) groups is 1. The van der Waals surface area contributed by atoms with E-state index >= 15 is 0 Å². The maximum atomic E-state index is 4.99. The van der Waals surface area contributed by atoms with E-state index in [-0.39, 0.29) is 0 Å². The van der Waals surface area contributed by atoms with Gasteiger partial charge in [-0.25, -0.2) is 0 Å². The molecule has 2 heterocycles. The zero-order valence-electron chi connectivity index (χ0n) is 8.86. The third-order valence-corrected chi connectivity index (χ3v) is 3.45. The molecule has 15 heavy (non-hydrogen) atoms. The third-order valence-electron chi connectivity index (χ3n) is 2.13. The number of aromatic nitrogens is 2. The van der Waals surface area contributed by atoms with Gasteiger partial charge in [-0.2, -0.15) is 4.98 Å². The fourth-order valence-corrected chi connectivity index (χ4v) is 2.23. The highest BCUT2D eigenvalue weighted by Crippen LogP contribution is 2.21. The molecule has 82 valence electrons. The quantitative estimate of drug-likeness (QED) is 0.842. The molecule has 0 aromatic carbocycles. The second kappa shape index (κ2) is 4.65. The molecule has 0 fully saturated rings. The van der Waals surface area contributed by atoms with Crippen LogP contribution in [0.3, 0.4) is 0 Å². The molecule has 0 aliphatic carbocycles. The van der Waals surface area contributed by atoms with Crippen LogP contribution in [0.4, 0.5) is 0 Å². The monoisotopic (exact) mass is 226 g/mol. The van der Waals surface area contributed by atoms with Gasteiger partial charge in [0, 0.05) is 5.25 Å². The number of rotatable bonds is 3. The van der Waals surface area contributed by atoms with Crippen molar-refractivity contribution in [3.05, 3.63) is 11.7 Å². The van der Waals surface area contributed by atoms with Crippen LogP contribution in [0, 0.1) is 6.92 Å². The van der Waals surface area contributed by atoms with Gasteiger partial charge in [-0.3, -0.25) is 4.99 Å². The van der Waals surface area contributed by atoms with E-state index in [1.165, 1.54) is 0 Å². The molecular weight excluding hydrogens is 212 g/mol. The molecule has 1 N–H and O–H groups in total. The number of amidine groups is 1. The third kappa shape index (κ3) is 2.71. The van der Waals surface area contributed by atoms with Gasteiger partial charge in [0.2, 0.25) is 5.89 Å². The van der Waals surface area contributed by atoms with E-state index in [0.29, 0.717) is 23.5 Å². The van der Waals surface area contributed by atoms with Gasteiger partial charge < -0.3 is 9.84 Å². The fourth-order valence-electron chi connectivity index (χ4n) is 1.29. The fraction of sp³-hybridized carbons (Fsp3) is 0.667. The molecule has 0 saturated carbocycles. The summed E-state index contributed by atoms with van der Waals surface area (Å²) in [5, 5.41) is 8.52. The van der Waals surface area contributed by atoms with Crippen LogP contribution < -0.4 is 5.32 Å². The van der Waals surface area contributed by atoms with E-state index in [1.807, 2.05) is 6.92 Å². The van der Waals surface area contributed by atoms with E-state index in [0.717, 1.165) is 18.1 Å². The Bertz CT molecular complexity index is 363. The molecule has 0 saturated heterocycles. The number of nitrogens with zero attached hydrogens (tertiary/aromatic N) is 3. The molecule has 1 aromatic rings. The van der Waals surface area contributed by atoms with Crippen LogP contribution in [0.15, 0.2) is 9.52 Å². The zero-order chi connectivity index (χ0) is 10.7. The molecule has 1 aliphatic rings. The summed E-state index contributed by atoms with van der Waals surface area (Å²) in [6.45, 7) is 5.45. The summed E-state index contributed by atoms with van der Waals surface area (Å²) in [7, 11) is 0. The average Bonchev–Trinajstić information content (AvgIpc) is 2.83. The molecule has 2 rings (SSSR count). The molecule has 0 spiro atoms. The lowest BCUT2D eigenvalue weighted by atomic mass is 10.3. The van der Waals surface area contributed by atoms with Gasteiger partial charge in [-0.15, -0.1) is 0 Å². The van der Waals surface area contributed by atoms with Crippen molar-refractivity contribution in [3.63, 3.8) is 0 Å². The van der Waals surface area contributed by atoms with Crippen molar-refractivity contribution in [2.45, 2.75) is 32.1 Å². The minimum absolute atomic E-state index is 0.559. The predicted molar refractivity (Wildman–Crippen MR) is 59.8 cm³/mol. The average molecular weight is 226 g/mol. The molecule has 1 aliphatic heterocycles. The lowest BCUT2D eigenvalue weighted by molar-refractivity contribution is 0.372. The van der Waals surface area contributed by atoms with Crippen molar-refractivity contribution in [2.24, 2.45) is 4.99 Å². The normalized spacial score (nSPS) is 20.4. The Morgan fingerprint density at radius 1 is 1.60 bits per heavy atom. The van der Waals surface area contributed by atoms with Crippen LogP contribution in [-0.2, 0) is 6.54 Å². The van der Waals surface area contributed by atoms with Crippen molar-refractivity contribution in [2.75, 3.05) is 6.54 Å². The van der Waals surface area contributed by atoms with Crippen LogP contribution in [0.2, 0.25) is 0 Å². The molecular formula is C9H14N4OS. The summed E-state index contributed by atoms with van der Waals surface area (Å²) in [6.07, 6.45) is 1.15. The summed E-state index contributed by atoms with van der Waals surface area (Å²) in [6, 6.07) is 0. The zero-order valence-corrected chi connectivity index (χ0v) is 9.67. The number of hydrogen-bond acceptors (Lipinski definition) is 6. The van der Waals surface area contributed by atoms with E-state index < -0.39 is 0 Å². The van der Waals surface area contributed by atoms with Crippen LogP contribution in [0.1, 0.15) is 25.1 Å². The lowest BCUT2D eigenvalue weighted by Gasteiger charge is -2.04. The second-order valence-corrected chi connectivity index (χ2v) is 4.67. The second-order valence-electron chi connectivity index (χ2n) is 3.38. The van der Waals surface area contributed by atoms with E-state index in [4.69, 9.17) is 4.52 Å². The summed E-state index contributed by atoms with van der Waals surface area (Å²) in [5.74, 6) is 1.27. The van der Waals surface area contributed by atoms with Crippen molar-refractivity contribution in [1.29, 1.82) is 0 Å². The summed E-state index contributed by atoms with van der Waals surface area (Å²) < 4.78 is 4.99. The highest BCUT2D eigenvalue weighted by atomic mass is 32.2. The largest absolute Gasteiger partial charge is 0.356 e. The van der Waals surface area contributed by atoms with Gasteiger partial charge in [0.05, 0.1) is 13.1 Å². The molecule has 6 heteroatoms. The first-order valence-corrected chi connectivity index (χ1v) is 5.90. The Morgan fingerprint density at radius 3 is 3.07 bits per heavy atom. The highest BCUT2D eigenvalue weighted by molar-refractivity contribution is 8.14. The van der Waals surface area contributed by atoms with Crippen LogP contribution in [0.25, 0.3) is 0 Å². The minimum atomic E-state index is 0.559. The molecule has 0 amide bonds. The van der Waals surface area contributed by atoms with Crippen molar-refractivity contribution >= 4 is 16.9 Å². The van der Waals surface area contributed by atoms with Crippen molar-refractivity contribution in [3.8, 4) is 0 Å². The standard InChI is InChI=1S/C9H14N4OS/c1-3-7-4-10-9(15-7)11-5-8-12-6(2)13-14-8/h7H,3-5H2,1-2H3,(H,10,11). The van der Waals surface area contributed by atoms with E-state index in [1.54, 1.807) is 11.8 Å². The maximum absolute atomic E-state index is 4.99. The van der Waals surface area contributed by atoms with Crippen LogP contribution in [-0.4, -0.2) is 27.1 Å². The number of hydrogen-bond donors (Lipinski definition) is 1. The first kappa shape index (κ1) is 10.5. The van der Waals surface area contributed by atoms with E-state index in [9.17, 15) is 0 Å². The van der Waals surface area contributed by atoms with Crippen LogP contribution in [0.5, 0.6) is 0 Å². The molecule has 5 nitrogen and oxygen atoms in total. The van der Waals surface area contributed by atoms with Crippen LogP contribution >= 0.6 is 11.8 Å². The first-order chi connectivity index (χ1) is 7.28. The SMILES string of the molecule is CCC1CN=C(NCc2nc(C)no2)S1. The predicted octanol–water partition coefficient (Wildman–Crippen LogP) is 1.35. The Labute approximate surface area is 92.7 Å². The molecule has 1 unspecified atom stereocenters. The molecule has 1 aromatic heterocycles. The van der Waals surface area contributed by atoms with Gasteiger partial charge in [0.1, 0.15) is 0 Å². The Kier molecular flexibility index (Phi) is 3.25. The van der Waals surface area contributed by atoms with Gasteiger partial charge in [0.15, 0.2) is 11.0 Å². The number of aliphatic imine (C=N–C) groups is 1. The Morgan fingerprint density at radius 2 is 2.47 bits per heavy atom. The van der Waals surface area contributed by atoms with Crippen molar-refractivity contribution < 1.29 is 4.52 Å². The van der Waals surface area contributed by atoms with Crippen molar-refractivity contribution in [1.82, 2.24) is 15.5 Å². The molecule has 0 bridgehead atoms. The smallest absolute Gasteiger partial charge is 0.245 e. The van der Waals surface area contributed by atoms with E-state index in [2.05, 4.69) is 27.4 Å². The maximum Gasteiger partial charge on any atom is 0.245 e. The first-order valence-electron chi connectivity index (χ1n) is 5.02. The molecule has 1 atom stereocenters. The lowest BCUT2D eigenvalue weighted by Crippen LogP contribution is -2.19. The summed E-state index contributed by atoms with van der Waals surface area (Å²) >= 11 is 1.79. The summed E-state index contributed by atoms with van der Waals surface area (Å²) in [4.78, 5) is 8.49. The minimum Gasteiger partial charge on any atom is -0.356 e. The van der Waals surface area contributed by atoms with Gasteiger partial charge in [0.25, 0.3) is 0 Å². The highest BCUT2D eigenvalue weighted by Gasteiger charge is 2.17. The summed E-state index contributed by atoms with van der Waals surface area (Å²) in [5.41, 5.74) is 0. The molecule has 0 radical (unpaired) electrons. The Balaban J connectivity index is 1.80. The Hall–Kier alpha value is -1.04. The number of nitrogens with one attached hydrogen (secondary N) is 1. The van der Waals surface area contributed by atoms with Gasteiger partial charge in [-0.05, 0) is 13.3 Å². The number of aryl methyl sites for hydroxylation is 1. The topological polar surface area (TPSA) is 63.3 Å². The van der Waals surface area contributed by atoms with Gasteiger partial charge >= 0.3 is 0 Å². The van der Waals surface area contributed by atoms with Gasteiger partial charge in [-0.1, -0.05) is 23.8 Å².